The molecule has 0 spiro atoms. The van der Waals surface area contributed by atoms with Crippen molar-refractivity contribution in [2.24, 2.45) is 0 Å². The zero-order valence-corrected chi connectivity index (χ0v) is 17.2. The highest BCUT2D eigenvalue weighted by Crippen LogP contribution is 2.23. The summed E-state index contributed by atoms with van der Waals surface area (Å²) in [6.45, 7) is 4.48. The van der Waals surface area contributed by atoms with Gasteiger partial charge in [0.25, 0.3) is 0 Å². The molecule has 26 heavy (non-hydrogen) atoms. The number of urea groups is 1. The van der Waals surface area contributed by atoms with E-state index in [1.807, 2.05) is 6.92 Å². The minimum Gasteiger partial charge on any atom is -0.376 e. The predicted molar refractivity (Wildman–Crippen MR) is 102 cm³/mol. The maximum Gasteiger partial charge on any atom is 0.317 e. The van der Waals surface area contributed by atoms with Crippen molar-refractivity contribution in [3.05, 3.63) is 28.2 Å². The fourth-order valence-electron chi connectivity index (χ4n) is 3.18. The highest BCUT2D eigenvalue weighted by Gasteiger charge is 2.30. The van der Waals surface area contributed by atoms with Crippen LogP contribution in [0.5, 0.6) is 0 Å². The Balaban J connectivity index is 1.55. The zero-order valence-electron chi connectivity index (χ0n) is 14.8. The first-order valence-corrected chi connectivity index (χ1v) is 11.0. The molecule has 0 saturated carbocycles. The Kier molecular flexibility index (Phi) is 6.21. The largest absolute Gasteiger partial charge is 0.376 e. The Hall–Kier alpha value is -1.16. The van der Waals surface area contributed by atoms with Crippen molar-refractivity contribution in [3.8, 4) is 0 Å². The molecule has 3 rings (SSSR count). The molecule has 2 aliphatic rings. The van der Waals surface area contributed by atoms with Crippen molar-refractivity contribution in [3.63, 3.8) is 0 Å². The Morgan fingerprint density at radius 1 is 1.31 bits per heavy atom. The topological polar surface area (TPSA) is 79.0 Å². The molecule has 1 aromatic carbocycles. The molecular weight excluding hydrogens is 422 g/mol. The van der Waals surface area contributed by atoms with Gasteiger partial charge in [-0.1, -0.05) is 15.9 Å². The molecular formula is C17H24BrN3O4S. The van der Waals surface area contributed by atoms with E-state index >= 15 is 0 Å². The molecule has 9 heteroatoms. The number of ether oxygens (including phenoxy) is 1. The van der Waals surface area contributed by atoms with Gasteiger partial charge in [-0.2, -0.15) is 4.31 Å². The number of nitrogens with zero attached hydrogens (tertiary/aromatic N) is 2. The maximum atomic E-state index is 12.8. The number of hydrogen-bond donors (Lipinski definition) is 1. The third kappa shape index (κ3) is 4.39. The molecule has 1 unspecified atom stereocenters. The van der Waals surface area contributed by atoms with E-state index in [0.717, 1.165) is 29.5 Å². The van der Waals surface area contributed by atoms with E-state index in [-0.39, 0.29) is 17.0 Å². The Morgan fingerprint density at radius 2 is 2.04 bits per heavy atom. The molecule has 144 valence electrons. The van der Waals surface area contributed by atoms with Gasteiger partial charge >= 0.3 is 6.03 Å². The zero-order chi connectivity index (χ0) is 18.7. The number of amides is 2. The van der Waals surface area contributed by atoms with E-state index in [2.05, 4.69) is 21.2 Å². The number of hydrogen-bond acceptors (Lipinski definition) is 4. The van der Waals surface area contributed by atoms with Crippen LogP contribution in [-0.2, 0) is 14.8 Å². The van der Waals surface area contributed by atoms with E-state index in [4.69, 9.17) is 4.74 Å². The smallest absolute Gasteiger partial charge is 0.317 e. The number of sulfonamides is 1. The summed E-state index contributed by atoms with van der Waals surface area (Å²) < 4.78 is 33.4. The predicted octanol–water partition coefficient (Wildman–Crippen LogP) is 1.95. The first kappa shape index (κ1) is 19.6. The van der Waals surface area contributed by atoms with Crippen LogP contribution in [0, 0.1) is 6.92 Å². The van der Waals surface area contributed by atoms with Crippen LogP contribution in [0.3, 0.4) is 0 Å². The first-order chi connectivity index (χ1) is 12.4. The van der Waals surface area contributed by atoms with Crippen LogP contribution in [0.4, 0.5) is 4.79 Å². The third-order valence-electron chi connectivity index (χ3n) is 4.80. The summed E-state index contributed by atoms with van der Waals surface area (Å²) in [5.41, 5.74) is 0.873. The fraction of sp³-hybridized carbons (Fsp3) is 0.588. The van der Waals surface area contributed by atoms with Crippen LogP contribution < -0.4 is 5.32 Å². The molecule has 2 amide bonds. The Bertz CT molecular complexity index is 757. The summed E-state index contributed by atoms with van der Waals surface area (Å²) in [6.07, 6.45) is 2.10. The van der Waals surface area contributed by atoms with E-state index < -0.39 is 10.0 Å². The minimum atomic E-state index is -3.54. The monoisotopic (exact) mass is 445 g/mol. The van der Waals surface area contributed by atoms with Crippen molar-refractivity contribution in [1.29, 1.82) is 0 Å². The summed E-state index contributed by atoms with van der Waals surface area (Å²) in [4.78, 5) is 14.2. The SMILES string of the molecule is Cc1cc(S(=O)(=O)N2CCN(C(=O)NCC3CCCO3)CC2)ccc1Br. The lowest BCUT2D eigenvalue weighted by atomic mass is 10.2. The molecule has 1 N–H and O–H groups in total. The average molecular weight is 446 g/mol. The molecule has 2 aliphatic heterocycles. The second-order valence-electron chi connectivity index (χ2n) is 6.62. The number of carbonyl (C=O) groups is 1. The number of piperazine rings is 1. The second-order valence-corrected chi connectivity index (χ2v) is 9.42. The van der Waals surface area contributed by atoms with Gasteiger partial charge in [0.05, 0.1) is 11.0 Å². The van der Waals surface area contributed by atoms with Gasteiger partial charge in [0.15, 0.2) is 0 Å². The number of benzene rings is 1. The molecule has 0 radical (unpaired) electrons. The van der Waals surface area contributed by atoms with Crippen molar-refractivity contribution < 1.29 is 17.9 Å². The molecule has 0 bridgehead atoms. The van der Waals surface area contributed by atoms with Gasteiger partial charge in [0.2, 0.25) is 10.0 Å². The molecule has 1 aromatic rings. The van der Waals surface area contributed by atoms with Crippen LogP contribution in [0.15, 0.2) is 27.6 Å². The average Bonchev–Trinajstić information content (AvgIpc) is 3.15. The normalized spacial score (nSPS) is 21.8. The van der Waals surface area contributed by atoms with Crippen LogP contribution in [-0.4, -0.2) is 69.1 Å². The molecule has 2 saturated heterocycles. The van der Waals surface area contributed by atoms with Crippen molar-refractivity contribution >= 4 is 32.0 Å². The van der Waals surface area contributed by atoms with Crippen LogP contribution >= 0.6 is 15.9 Å². The van der Waals surface area contributed by atoms with Gasteiger partial charge in [-0.05, 0) is 43.5 Å². The molecule has 0 aromatic heterocycles. The number of rotatable bonds is 4. The minimum absolute atomic E-state index is 0.0984. The highest BCUT2D eigenvalue weighted by molar-refractivity contribution is 9.10. The summed E-state index contributed by atoms with van der Waals surface area (Å²) in [5.74, 6) is 0. The summed E-state index contributed by atoms with van der Waals surface area (Å²) in [7, 11) is -3.54. The summed E-state index contributed by atoms with van der Waals surface area (Å²) >= 11 is 3.39. The van der Waals surface area contributed by atoms with Gasteiger partial charge in [-0.3, -0.25) is 0 Å². The third-order valence-corrected chi connectivity index (χ3v) is 7.58. The molecule has 0 aliphatic carbocycles. The molecule has 7 nitrogen and oxygen atoms in total. The second kappa shape index (κ2) is 8.24. The van der Waals surface area contributed by atoms with Gasteiger partial charge < -0.3 is 15.0 Å². The quantitative estimate of drug-likeness (QED) is 0.767. The van der Waals surface area contributed by atoms with Gasteiger partial charge in [0.1, 0.15) is 0 Å². The fourth-order valence-corrected chi connectivity index (χ4v) is 4.93. The van der Waals surface area contributed by atoms with Crippen LogP contribution in [0.2, 0.25) is 0 Å². The van der Waals surface area contributed by atoms with Crippen molar-refractivity contribution in [2.75, 3.05) is 39.3 Å². The molecule has 2 heterocycles. The number of aryl methyl sites for hydroxylation is 1. The molecule has 1 atom stereocenters. The lowest BCUT2D eigenvalue weighted by Gasteiger charge is -2.34. The van der Waals surface area contributed by atoms with Crippen LogP contribution in [0.25, 0.3) is 0 Å². The maximum absolute atomic E-state index is 12.8. The van der Waals surface area contributed by atoms with Gasteiger partial charge in [-0.25, -0.2) is 13.2 Å². The van der Waals surface area contributed by atoms with E-state index in [0.29, 0.717) is 32.7 Å². The summed E-state index contributed by atoms with van der Waals surface area (Å²) in [6, 6.07) is 4.86. The van der Waals surface area contributed by atoms with Crippen LogP contribution in [0.1, 0.15) is 18.4 Å². The van der Waals surface area contributed by atoms with Crippen molar-refractivity contribution in [1.82, 2.24) is 14.5 Å². The number of carbonyl (C=O) groups excluding carboxylic acids is 1. The number of halogens is 1. The van der Waals surface area contributed by atoms with E-state index in [1.165, 1.54) is 4.31 Å². The lowest BCUT2D eigenvalue weighted by Crippen LogP contribution is -2.53. The lowest BCUT2D eigenvalue weighted by molar-refractivity contribution is 0.107. The highest BCUT2D eigenvalue weighted by atomic mass is 79.9. The Labute approximate surface area is 162 Å². The van der Waals surface area contributed by atoms with E-state index in [9.17, 15) is 13.2 Å². The summed E-state index contributed by atoms with van der Waals surface area (Å²) in [5, 5.41) is 2.88. The van der Waals surface area contributed by atoms with Gasteiger partial charge in [0, 0.05) is 43.8 Å². The standard InChI is InChI=1S/C17H24BrN3O4S/c1-13-11-15(4-5-16(13)18)26(23,24)21-8-6-20(7-9-21)17(22)19-12-14-3-2-10-25-14/h4-5,11,14H,2-3,6-10,12H2,1H3,(H,19,22). The first-order valence-electron chi connectivity index (χ1n) is 8.78. The van der Waals surface area contributed by atoms with Crippen molar-refractivity contribution in [2.45, 2.75) is 30.8 Å². The van der Waals surface area contributed by atoms with Gasteiger partial charge in [-0.15, -0.1) is 0 Å². The molecule has 2 fully saturated rings. The van der Waals surface area contributed by atoms with E-state index in [1.54, 1.807) is 23.1 Å². The Morgan fingerprint density at radius 3 is 2.65 bits per heavy atom. The number of nitrogens with one attached hydrogen (secondary N) is 1.